The molecule has 0 radical (unpaired) electrons. The molecule has 2 aromatic carbocycles. The fraction of sp³-hybridized carbons (Fsp3) is 0.167. The van der Waals surface area contributed by atoms with Crippen LogP contribution in [0, 0.1) is 0 Å². The van der Waals surface area contributed by atoms with Crippen molar-refractivity contribution < 1.29 is 18.7 Å². The molecule has 4 rings (SSSR count). The number of fused-ring (bicyclic) bond motifs is 1. The van der Waals surface area contributed by atoms with Crippen molar-refractivity contribution >= 4 is 35.0 Å². The third-order valence-electron chi connectivity index (χ3n) is 3.78. The highest BCUT2D eigenvalue weighted by Crippen LogP contribution is 2.34. The Kier molecular flexibility index (Phi) is 4.91. The maximum atomic E-state index is 12.4. The van der Waals surface area contributed by atoms with E-state index in [4.69, 9.17) is 25.5 Å². The van der Waals surface area contributed by atoms with E-state index in [0.29, 0.717) is 33.3 Å². The molecule has 1 atom stereocenters. The largest absolute Gasteiger partial charge is 0.454 e. The Morgan fingerprint density at radius 3 is 2.74 bits per heavy atom. The molecule has 1 aromatic heterocycles. The summed E-state index contributed by atoms with van der Waals surface area (Å²) in [6.07, 6.45) is 0. The van der Waals surface area contributed by atoms with Crippen LogP contribution in [0.1, 0.15) is 6.92 Å². The van der Waals surface area contributed by atoms with Gasteiger partial charge in [0, 0.05) is 22.3 Å². The number of nitrogens with one attached hydrogen (secondary N) is 1. The van der Waals surface area contributed by atoms with Crippen molar-refractivity contribution in [2.75, 3.05) is 12.1 Å². The molecule has 1 aliphatic heterocycles. The number of halogens is 1. The second kappa shape index (κ2) is 7.50. The Morgan fingerprint density at radius 2 is 1.93 bits per heavy atom. The highest BCUT2D eigenvalue weighted by molar-refractivity contribution is 8.00. The standard InChI is InChI=1S/C18H14ClN3O4S/c1-10(16(23)20-13-6-7-14-15(8-13)25-9-24-14)27-18-22-21-17(26-18)11-2-4-12(19)5-3-11/h2-8,10H,9H2,1H3,(H,20,23)/t10-/m0/s1. The number of carbonyl (C=O) groups is 1. The number of thioether (sulfide) groups is 1. The average molecular weight is 404 g/mol. The van der Waals surface area contributed by atoms with Crippen molar-refractivity contribution in [2.45, 2.75) is 17.4 Å². The number of amides is 1. The van der Waals surface area contributed by atoms with Crippen molar-refractivity contribution in [3.05, 3.63) is 47.5 Å². The SMILES string of the molecule is C[C@H](Sc1nnc(-c2ccc(Cl)cc2)o1)C(=O)Nc1ccc2c(c1)OCO2. The third-order valence-corrected chi connectivity index (χ3v) is 4.97. The van der Waals surface area contributed by atoms with Gasteiger partial charge in [-0.25, -0.2) is 0 Å². The first-order valence-corrected chi connectivity index (χ1v) is 9.31. The molecule has 0 aliphatic carbocycles. The van der Waals surface area contributed by atoms with Gasteiger partial charge in [0.2, 0.25) is 18.6 Å². The van der Waals surface area contributed by atoms with Crippen LogP contribution in [-0.2, 0) is 4.79 Å². The molecule has 1 N–H and O–H groups in total. The Labute approximate surface area is 164 Å². The van der Waals surface area contributed by atoms with Gasteiger partial charge < -0.3 is 19.2 Å². The first kappa shape index (κ1) is 17.7. The Hall–Kier alpha value is -2.71. The van der Waals surface area contributed by atoms with Gasteiger partial charge in [0.05, 0.1) is 5.25 Å². The van der Waals surface area contributed by atoms with Gasteiger partial charge >= 0.3 is 0 Å². The van der Waals surface area contributed by atoms with Crippen molar-refractivity contribution in [1.82, 2.24) is 10.2 Å². The molecule has 0 spiro atoms. The lowest BCUT2D eigenvalue weighted by atomic mass is 10.2. The van der Waals surface area contributed by atoms with E-state index in [0.717, 1.165) is 5.56 Å². The third kappa shape index (κ3) is 4.01. The number of aromatic nitrogens is 2. The highest BCUT2D eigenvalue weighted by Gasteiger charge is 2.20. The van der Waals surface area contributed by atoms with Gasteiger partial charge in [-0.05, 0) is 43.3 Å². The van der Waals surface area contributed by atoms with Crippen LogP contribution in [0.4, 0.5) is 5.69 Å². The zero-order chi connectivity index (χ0) is 18.8. The molecular formula is C18H14ClN3O4S. The smallest absolute Gasteiger partial charge is 0.277 e. The average Bonchev–Trinajstić information content (AvgIpc) is 3.31. The summed E-state index contributed by atoms with van der Waals surface area (Å²) in [6.45, 7) is 1.95. The zero-order valence-electron chi connectivity index (χ0n) is 14.1. The number of rotatable bonds is 5. The van der Waals surface area contributed by atoms with Gasteiger partial charge in [0.25, 0.3) is 5.22 Å². The zero-order valence-corrected chi connectivity index (χ0v) is 15.7. The lowest BCUT2D eigenvalue weighted by molar-refractivity contribution is -0.115. The van der Waals surface area contributed by atoms with E-state index < -0.39 is 5.25 Å². The maximum Gasteiger partial charge on any atom is 0.277 e. The van der Waals surface area contributed by atoms with Gasteiger partial charge in [0.15, 0.2) is 11.5 Å². The van der Waals surface area contributed by atoms with Crippen molar-refractivity contribution in [2.24, 2.45) is 0 Å². The van der Waals surface area contributed by atoms with Crippen LogP contribution in [0.25, 0.3) is 11.5 Å². The second-order valence-corrected chi connectivity index (χ2v) is 7.43. The highest BCUT2D eigenvalue weighted by atomic mass is 35.5. The first-order valence-electron chi connectivity index (χ1n) is 8.05. The van der Waals surface area contributed by atoms with Crippen LogP contribution in [-0.4, -0.2) is 28.1 Å². The van der Waals surface area contributed by atoms with E-state index in [-0.39, 0.29) is 12.7 Å². The number of hydrogen-bond acceptors (Lipinski definition) is 7. The van der Waals surface area contributed by atoms with E-state index >= 15 is 0 Å². The van der Waals surface area contributed by atoms with E-state index in [2.05, 4.69) is 15.5 Å². The minimum absolute atomic E-state index is 0.187. The molecular weight excluding hydrogens is 390 g/mol. The number of anilines is 1. The quantitative estimate of drug-likeness (QED) is 0.637. The fourth-order valence-corrected chi connectivity index (χ4v) is 3.20. The lowest BCUT2D eigenvalue weighted by Crippen LogP contribution is -2.22. The molecule has 7 nitrogen and oxygen atoms in total. The molecule has 2 heterocycles. The summed E-state index contributed by atoms with van der Waals surface area (Å²) in [6, 6.07) is 12.3. The summed E-state index contributed by atoms with van der Waals surface area (Å²) in [7, 11) is 0. The van der Waals surface area contributed by atoms with Crippen LogP contribution < -0.4 is 14.8 Å². The van der Waals surface area contributed by atoms with Crippen molar-refractivity contribution in [1.29, 1.82) is 0 Å². The van der Waals surface area contributed by atoms with Gasteiger partial charge in [-0.1, -0.05) is 23.4 Å². The molecule has 1 aliphatic rings. The summed E-state index contributed by atoms with van der Waals surface area (Å²) in [5.74, 6) is 1.45. The minimum atomic E-state index is -0.436. The maximum absolute atomic E-state index is 12.4. The second-order valence-electron chi connectivity index (χ2n) is 5.70. The lowest BCUT2D eigenvalue weighted by Gasteiger charge is -2.10. The molecule has 138 valence electrons. The molecule has 3 aromatic rings. The topological polar surface area (TPSA) is 86.5 Å². The monoisotopic (exact) mass is 403 g/mol. The Morgan fingerprint density at radius 1 is 1.15 bits per heavy atom. The van der Waals surface area contributed by atoms with Crippen LogP contribution in [0.3, 0.4) is 0 Å². The van der Waals surface area contributed by atoms with Crippen LogP contribution in [0.5, 0.6) is 11.5 Å². The molecule has 0 unspecified atom stereocenters. The fourth-order valence-electron chi connectivity index (χ4n) is 2.39. The molecule has 0 bridgehead atoms. The normalized spacial score (nSPS) is 13.4. The number of benzene rings is 2. The number of ether oxygens (including phenoxy) is 2. The molecule has 0 fully saturated rings. The number of carbonyl (C=O) groups excluding carboxylic acids is 1. The van der Waals surface area contributed by atoms with Gasteiger partial charge in [-0.3, -0.25) is 4.79 Å². The number of hydrogen-bond donors (Lipinski definition) is 1. The predicted molar refractivity (Wildman–Crippen MR) is 101 cm³/mol. The van der Waals surface area contributed by atoms with Gasteiger partial charge in [0.1, 0.15) is 0 Å². The summed E-state index contributed by atoms with van der Waals surface area (Å²) in [4.78, 5) is 12.4. The van der Waals surface area contributed by atoms with E-state index in [9.17, 15) is 4.79 Å². The molecule has 0 saturated heterocycles. The van der Waals surface area contributed by atoms with Crippen molar-refractivity contribution in [3.63, 3.8) is 0 Å². The van der Waals surface area contributed by atoms with Gasteiger partial charge in [-0.15, -0.1) is 10.2 Å². The van der Waals surface area contributed by atoms with Crippen LogP contribution >= 0.6 is 23.4 Å². The van der Waals surface area contributed by atoms with Crippen LogP contribution in [0.2, 0.25) is 5.02 Å². The Bertz CT molecular complexity index is 977. The molecule has 27 heavy (non-hydrogen) atoms. The summed E-state index contributed by atoms with van der Waals surface area (Å²) < 4.78 is 16.2. The minimum Gasteiger partial charge on any atom is -0.454 e. The summed E-state index contributed by atoms with van der Waals surface area (Å²) in [5, 5.41) is 11.3. The van der Waals surface area contributed by atoms with Crippen LogP contribution in [0.15, 0.2) is 52.1 Å². The van der Waals surface area contributed by atoms with E-state index in [1.807, 2.05) is 0 Å². The predicted octanol–water partition coefficient (Wildman–Crippen LogP) is 4.24. The van der Waals surface area contributed by atoms with Gasteiger partial charge in [-0.2, -0.15) is 0 Å². The molecule has 9 heteroatoms. The Balaban J connectivity index is 1.39. The summed E-state index contributed by atoms with van der Waals surface area (Å²) >= 11 is 7.06. The van der Waals surface area contributed by atoms with E-state index in [1.54, 1.807) is 49.4 Å². The number of nitrogens with zero attached hydrogens (tertiary/aromatic N) is 2. The summed E-state index contributed by atoms with van der Waals surface area (Å²) in [5.41, 5.74) is 1.39. The molecule has 1 amide bonds. The first-order chi connectivity index (χ1) is 13.1. The van der Waals surface area contributed by atoms with E-state index in [1.165, 1.54) is 11.8 Å². The molecule has 0 saturated carbocycles. The van der Waals surface area contributed by atoms with Crippen molar-refractivity contribution in [3.8, 4) is 23.0 Å².